The summed E-state index contributed by atoms with van der Waals surface area (Å²) in [6.07, 6.45) is 1.73. The second-order valence-electron chi connectivity index (χ2n) is 6.27. The Morgan fingerprint density at radius 2 is 1.89 bits per heavy atom. The van der Waals surface area contributed by atoms with Crippen molar-refractivity contribution in [3.8, 4) is 11.3 Å². The lowest BCUT2D eigenvalue weighted by molar-refractivity contribution is 0.102. The number of aromatic nitrogens is 4. The molecule has 4 aromatic rings. The lowest BCUT2D eigenvalue weighted by atomic mass is 10.1. The molecule has 0 spiro atoms. The molecule has 0 saturated carbocycles. The molecule has 27 heavy (non-hydrogen) atoms. The molecule has 1 amide bonds. The number of H-pyrrole nitrogens is 1. The zero-order valence-corrected chi connectivity index (χ0v) is 14.9. The Labute approximate surface area is 154 Å². The molecule has 0 unspecified atom stereocenters. The molecule has 0 atom stereocenters. The molecule has 0 radical (unpaired) electrons. The molecule has 2 N–H and O–H groups in total. The van der Waals surface area contributed by atoms with E-state index in [-0.39, 0.29) is 17.2 Å². The number of rotatable bonds is 3. The smallest absolute Gasteiger partial charge is 0.276 e. The van der Waals surface area contributed by atoms with E-state index in [2.05, 4.69) is 20.6 Å². The Bertz CT molecular complexity index is 1220. The first kappa shape index (κ1) is 16.7. The van der Waals surface area contributed by atoms with Gasteiger partial charge in [-0.05, 0) is 30.7 Å². The Hall–Kier alpha value is -3.74. The molecule has 0 aliphatic carbocycles. The fourth-order valence-electron chi connectivity index (χ4n) is 3.04. The molecule has 2 heterocycles. The maximum absolute atomic E-state index is 12.8. The molecule has 134 valence electrons. The van der Waals surface area contributed by atoms with Gasteiger partial charge in [-0.3, -0.25) is 14.3 Å². The van der Waals surface area contributed by atoms with Gasteiger partial charge in [0.15, 0.2) is 5.69 Å². The molecule has 4 rings (SSSR count). The van der Waals surface area contributed by atoms with Crippen LogP contribution in [0.25, 0.3) is 22.0 Å². The standard InChI is InChI=1S/C20H17N5O2/c1-12-7-8-13(17-9-10-21-25(17)2)11-16(12)22-20(27)18-14-5-3-4-6-15(14)19(26)24-23-18/h3-11H,1-2H3,(H,22,27)(H,24,26). The number of aryl methyl sites for hydroxylation is 2. The molecule has 7 heteroatoms. The SMILES string of the molecule is Cc1ccc(-c2ccnn2C)cc1NC(=O)c1n[nH]c(=O)c2ccccc12. The zero-order valence-electron chi connectivity index (χ0n) is 14.9. The van der Waals surface area contributed by atoms with E-state index in [9.17, 15) is 9.59 Å². The number of hydrogen-bond acceptors (Lipinski definition) is 4. The van der Waals surface area contributed by atoms with E-state index in [1.54, 1.807) is 35.1 Å². The summed E-state index contributed by atoms with van der Waals surface area (Å²) in [5.41, 5.74) is 3.33. The Morgan fingerprint density at radius 3 is 2.63 bits per heavy atom. The van der Waals surface area contributed by atoms with Gasteiger partial charge >= 0.3 is 0 Å². The maximum atomic E-state index is 12.8. The van der Waals surface area contributed by atoms with Gasteiger partial charge in [-0.1, -0.05) is 30.3 Å². The summed E-state index contributed by atoms with van der Waals surface area (Å²) in [7, 11) is 1.86. The second-order valence-corrected chi connectivity index (χ2v) is 6.27. The number of anilines is 1. The summed E-state index contributed by atoms with van der Waals surface area (Å²) in [6.45, 7) is 1.92. The first-order valence-electron chi connectivity index (χ1n) is 8.42. The van der Waals surface area contributed by atoms with Crippen molar-refractivity contribution in [2.45, 2.75) is 6.92 Å². The minimum absolute atomic E-state index is 0.176. The van der Waals surface area contributed by atoms with Gasteiger partial charge in [0, 0.05) is 29.9 Å². The number of aromatic amines is 1. The third kappa shape index (κ3) is 2.99. The van der Waals surface area contributed by atoms with Crippen LogP contribution in [0.2, 0.25) is 0 Å². The summed E-state index contributed by atoms with van der Waals surface area (Å²) in [6, 6.07) is 14.6. The molecular weight excluding hydrogens is 342 g/mol. The van der Waals surface area contributed by atoms with Crippen LogP contribution in [0.4, 0.5) is 5.69 Å². The number of fused-ring (bicyclic) bond motifs is 1. The Morgan fingerprint density at radius 1 is 1.11 bits per heavy atom. The van der Waals surface area contributed by atoms with Crippen molar-refractivity contribution in [3.05, 3.63) is 76.3 Å². The van der Waals surface area contributed by atoms with E-state index in [0.717, 1.165) is 16.8 Å². The monoisotopic (exact) mass is 359 g/mol. The number of amides is 1. The van der Waals surface area contributed by atoms with Crippen LogP contribution in [-0.2, 0) is 7.05 Å². The number of benzene rings is 2. The number of hydrogen-bond donors (Lipinski definition) is 2. The summed E-state index contributed by atoms with van der Waals surface area (Å²) in [5, 5.41) is 14.4. The van der Waals surface area contributed by atoms with E-state index in [0.29, 0.717) is 16.5 Å². The third-order valence-corrected chi connectivity index (χ3v) is 4.51. The van der Waals surface area contributed by atoms with Gasteiger partial charge in [-0.2, -0.15) is 10.2 Å². The molecule has 0 saturated heterocycles. The van der Waals surface area contributed by atoms with Gasteiger partial charge in [0.25, 0.3) is 11.5 Å². The van der Waals surface area contributed by atoms with Gasteiger partial charge < -0.3 is 5.32 Å². The van der Waals surface area contributed by atoms with E-state index >= 15 is 0 Å². The molecule has 2 aromatic heterocycles. The minimum Gasteiger partial charge on any atom is -0.320 e. The van der Waals surface area contributed by atoms with Gasteiger partial charge in [-0.15, -0.1) is 0 Å². The first-order chi connectivity index (χ1) is 13.0. The topological polar surface area (TPSA) is 92.7 Å². The van der Waals surface area contributed by atoms with Crippen molar-refractivity contribution in [2.75, 3.05) is 5.32 Å². The third-order valence-electron chi connectivity index (χ3n) is 4.51. The zero-order chi connectivity index (χ0) is 19.0. The van der Waals surface area contributed by atoms with Crippen molar-refractivity contribution >= 4 is 22.4 Å². The van der Waals surface area contributed by atoms with Crippen LogP contribution in [0.1, 0.15) is 16.1 Å². The number of nitrogens with one attached hydrogen (secondary N) is 2. The fourth-order valence-corrected chi connectivity index (χ4v) is 3.04. The van der Waals surface area contributed by atoms with Crippen LogP contribution >= 0.6 is 0 Å². The van der Waals surface area contributed by atoms with Gasteiger partial charge in [0.1, 0.15) is 0 Å². The Kier molecular flexibility index (Phi) is 4.04. The van der Waals surface area contributed by atoms with Crippen molar-refractivity contribution in [2.24, 2.45) is 7.05 Å². The lowest BCUT2D eigenvalue weighted by Gasteiger charge is -2.11. The van der Waals surface area contributed by atoms with Gasteiger partial charge in [0.2, 0.25) is 0 Å². The summed E-state index contributed by atoms with van der Waals surface area (Å²) in [4.78, 5) is 24.8. The van der Waals surface area contributed by atoms with E-state index in [1.165, 1.54) is 0 Å². The van der Waals surface area contributed by atoms with E-state index in [1.807, 2.05) is 38.2 Å². The van der Waals surface area contributed by atoms with Crippen molar-refractivity contribution in [3.63, 3.8) is 0 Å². The average Bonchev–Trinajstić information content (AvgIpc) is 3.10. The number of nitrogens with zero attached hydrogens (tertiary/aromatic N) is 3. The highest BCUT2D eigenvalue weighted by Gasteiger charge is 2.15. The molecule has 0 bridgehead atoms. The van der Waals surface area contributed by atoms with Gasteiger partial charge in [-0.25, -0.2) is 5.10 Å². The molecular formula is C20H17N5O2. The van der Waals surface area contributed by atoms with E-state index in [4.69, 9.17) is 0 Å². The lowest BCUT2D eigenvalue weighted by Crippen LogP contribution is -2.19. The highest BCUT2D eigenvalue weighted by Crippen LogP contribution is 2.25. The number of carbonyl (C=O) groups excluding carboxylic acids is 1. The molecule has 7 nitrogen and oxygen atoms in total. The Balaban J connectivity index is 1.73. The normalized spacial score (nSPS) is 10.9. The molecule has 0 aliphatic rings. The summed E-state index contributed by atoms with van der Waals surface area (Å²) >= 11 is 0. The number of carbonyl (C=O) groups is 1. The molecule has 0 fully saturated rings. The van der Waals surface area contributed by atoms with Crippen molar-refractivity contribution in [1.29, 1.82) is 0 Å². The highest BCUT2D eigenvalue weighted by atomic mass is 16.2. The van der Waals surface area contributed by atoms with Crippen LogP contribution in [0.3, 0.4) is 0 Å². The quantitative estimate of drug-likeness (QED) is 0.588. The second kappa shape index (κ2) is 6.53. The summed E-state index contributed by atoms with van der Waals surface area (Å²) < 4.78 is 1.77. The summed E-state index contributed by atoms with van der Waals surface area (Å²) in [5.74, 6) is -0.382. The fraction of sp³-hybridized carbons (Fsp3) is 0.100. The van der Waals surface area contributed by atoms with E-state index < -0.39 is 0 Å². The predicted molar refractivity (Wildman–Crippen MR) is 104 cm³/mol. The van der Waals surface area contributed by atoms with Crippen LogP contribution in [-0.4, -0.2) is 25.9 Å². The maximum Gasteiger partial charge on any atom is 0.276 e. The average molecular weight is 359 g/mol. The van der Waals surface area contributed by atoms with Crippen LogP contribution in [0.5, 0.6) is 0 Å². The van der Waals surface area contributed by atoms with Crippen LogP contribution in [0.15, 0.2) is 59.5 Å². The first-order valence-corrected chi connectivity index (χ1v) is 8.42. The largest absolute Gasteiger partial charge is 0.320 e. The van der Waals surface area contributed by atoms with Crippen molar-refractivity contribution in [1.82, 2.24) is 20.0 Å². The molecule has 2 aromatic carbocycles. The van der Waals surface area contributed by atoms with Crippen LogP contribution < -0.4 is 10.9 Å². The van der Waals surface area contributed by atoms with Crippen molar-refractivity contribution < 1.29 is 4.79 Å². The minimum atomic E-state index is -0.382. The highest BCUT2D eigenvalue weighted by molar-refractivity contribution is 6.11. The van der Waals surface area contributed by atoms with Crippen LogP contribution in [0, 0.1) is 6.92 Å². The molecule has 0 aliphatic heterocycles. The van der Waals surface area contributed by atoms with Gasteiger partial charge in [0.05, 0.1) is 11.1 Å². The predicted octanol–water partition coefficient (Wildman–Crippen LogP) is 2.88.